The minimum absolute atomic E-state index is 0.0128. The maximum absolute atomic E-state index is 12.5. The number of amides is 2. The molecule has 6 heteroatoms. The molecule has 24 heavy (non-hydrogen) atoms. The van der Waals surface area contributed by atoms with Crippen molar-refractivity contribution in [3.63, 3.8) is 0 Å². The number of nitrogens with zero attached hydrogens (tertiary/aromatic N) is 1. The Morgan fingerprint density at radius 3 is 2.54 bits per heavy atom. The highest BCUT2D eigenvalue weighted by atomic mass is 16.4. The minimum atomic E-state index is -0.828. The molecule has 1 unspecified atom stereocenters. The number of carbonyl (C=O) groups is 3. The first-order valence-electron chi connectivity index (χ1n) is 8.42. The van der Waals surface area contributed by atoms with Crippen molar-refractivity contribution < 1.29 is 19.5 Å². The lowest BCUT2D eigenvalue weighted by molar-refractivity contribution is -0.140. The summed E-state index contributed by atoms with van der Waals surface area (Å²) in [5.74, 6) is -0.973. The number of anilines is 1. The molecule has 0 spiro atoms. The van der Waals surface area contributed by atoms with Gasteiger partial charge in [0.2, 0.25) is 11.8 Å². The van der Waals surface area contributed by atoms with Crippen molar-refractivity contribution in [1.82, 2.24) is 4.90 Å². The van der Waals surface area contributed by atoms with Gasteiger partial charge >= 0.3 is 5.97 Å². The van der Waals surface area contributed by atoms with Gasteiger partial charge in [0.15, 0.2) is 0 Å². The Bertz CT molecular complexity index is 598. The fourth-order valence-electron chi connectivity index (χ4n) is 2.94. The Labute approximate surface area is 141 Å². The smallest absolute Gasteiger partial charge is 0.303 e. The lowest BCUT2D eigenvalue weighted by Crippen LogP contribution is -2.49. The molecule has 1 aromatic carbocycles. The third-order valence-corrected chi connectivity index (χ3v) is 4.28. The van der Waals surface area contributed by atoms with Gasteiger partial charge in [-0.25, -0.2) is 0 Å². The van der Waals surface area contributed by atoms with E-state index in [-0.39, 0.29) is 18.2 Å². The highest BCUT2D eigenvalue weighted by molar-refractivity contribution is 5.97. The van der Waals surface area contributed by atoms with Gasteiger partial charge in [-0.2, -0.15) is 0 Å². The van der Waals surface area contributed by atoms with Crippen LogP contribution in [0.5, 0.6) is 0 Å². The zero-order valence-corrected chi connectivity index (χ0v) is 14.0. The largest absolute Gasteiger partial charge is 0.481 e. The summed E-state index contributed by atoms with van der Waals surface area (Å²) >= 11 is 0. The number of nitrogens with one attached hydrogen (secondary N) is 1. The molecule has 0 aliphatic carbocycles. The number of likely N-dealkylation sites (tertiary alicyclic amines) is 1. The van der Waals surface area contributed by atoms with E-state index in [1.165, 1.54) is 0 Å². The molecule has 1 saturated heterocycles. The Morgan fingerprint density at radius 1 is 1.21 bits per heavy atom. The van der Waals surface area contributed by atoms with E-state index in [4.69, 9.17) is 5.11 Å². The zero-order chi connectivity index (χ0) is 17.5. The van der Waals surface area contributed by atoms with Crippen LogP contribution >= 0.6 is 0 Å². The van der Waals surface area contributed by atoms with Gasteiger partial charge in [0.25, 0.3) is 0 Å². The van der Waals surface area contributed by atoms with Crippen LogP contribution in [0, 0.1) is 0 Å². The monoisotopic (exact) mass is 332 g/mol. The molecule has 1 atom stereocenters. The van der Waals surface area contributed by atoms with Crippen LogP contribution in [0.4, 0.5) is 5.69 Å². The van der Waals surface area contributed by atoms with Crippen LogP contribution in [0.2, 0.25) is 0 Å². The number of rotatable bonds is 6. The van der Waals surface area contributed by atoms with E-state index in [1.54, 1.807) is 17.0 Å². The van der Waals surface area contributed by atoms with Crippen molar-refractivity contribution in [2.75, 3.05) is 11.9 Å². The van der Waals surface area contributed by atoms with Crippen molar-refractivity contribution >= 4 is 23.5 Å². The van der Waals surface area contributed by atoms with E-state index >= 15 is 0 Å². The van der Waals surface area contributed by atoms with Crippen molar-refractivity contribution in [3.05, 3.63) is 29.8 Å². The number of carbonyl (C=O) groups excluding carboxylic acids is 2. The second kappa shape index (κ2) is 8.47. The average molecular weight is 332 g/mol. The van der Waals surface area contributed by atoms with E-state index in [2.05, 4.69) is 5.32 Å². The molecule has 1 heterocycles. The molecule has 0 aromatic heterocycles. The Hall–Kier alpha value is -2.37. The minimum Gasteiger partial charge on any atom is -0.481 e. The molecule has 1 aliphatic heterocycles. The molecule has 6 nitrogen and oxygen atoms in total. The summed E-state index contributed by atoms with van der Waals surface area (Å²) < 4.78 is 0. The molecule has 1 aromatic rings. The second-order valence-electron chi connectivity index (χ2n) is 6.03. The molecule has 2 N–H and O–H groups in total. The fraction of sp³-hybridized carbons (Fsp3) is 0.500. The second-order valence-corrected chi connectivity index (χ2v) is 6.03. The number of carboxylic acid groups (broad SMARTS) is 1. The zero-order valence-electron chi connectivity index (χ0n) is 14.0. The summed E-state index contributed by atoms with van der Waals surface area (Å²) in [5, 5.41) is 11.6. The SMILES string of the molecule is CCC(=O)N1CCCCC1C(=O)Nc1ccc(CCC(=O)O)cc1. The first-order chi connectivity index (χ1) is 11.5. The van der Waals surface area contributed by atoms with Crippen LogP contribution in [-0.2, 0) is 20.8 Å². The highest BCUT2D eigenvalue weighted by Gasteiger charge is 2.31. The molecule has 0 bridgehead atoms. The number of benzene rings is 1. The number of aliphatic carboxylic acids is 1. The third-order valence-electron chi connectivity index (χ3n) is 4.28. The topological polar surface area (TPSA) is 86.7 Å². The van der Waals surface area contributed by atoms with E-state index in [0.29, 0.717) is 31.5 Å². The van der Waals surface area contributed by atoms with Crippen LogP contribution in [0.25, 0.3) is 0 Å². The van der Waals surface area contributed by atoms with Crippen LogP contribution in [-0.4, -0.2) is 40.4 Å². The number of hydrogen-bond donors (Lipinski definition) is 2. The number of hydrogen-bond acceptors (Lipinski definition) is 3. The lowest BCUT2D eigenvalue weighted by Gasteiger charge is -2.34. The third kappa shape index (κ3) is 4.81. The van der Waals surface area contributed by atoms with Gasteiger partial charge in [0.05, 0.1) is 0 Å². The van der Waals surface area contributed by atoms with Crippen molar-refractivity contribution in [2.24, 2.45) is 0 Å². The number of aryl methyl sites for hydroxylation is 1. The molecular weight excluding hydrogens is 308 g/mol. The van der Waals surface area contributed by atoms with E-state index in [9.17, 15) is 14.4 Å². The standard InChI is InChI=1S/C18H24N2O4/c1-2-16(21)20-12-4-3-5-15(20)18(24)19-14-9-6-13(7-10-14)8-11-17(22)23/h6-7,9-10,15H,2-5,8,11-12H2,1H3,(H,19,24)(H,22,23). The summed E-state index contributed by atoms with van der Waals surface area (Å²) in [5.41, 5.74) is 1.57. The summed E-state index contributed by atoms with van der Waals surface area (Å²) in [4.78, 5) is 36.8. The van der Waals surface area contributed by atoms with Crippen LogP contribution in [0.15, 0.2) is 24.3 Å². The predicted octanol–water partition coefficient (Wildman–Crippen LogP) is 2.43. The molecule has 0 saturated carbocycles. The van der Waals surface area contributed by atoms with E-state index in [0.717, 1.165) is 18.4 Å². The molecule has 2 amide bonds. The normalized spacial score (nSPS) is 17.4. The fourth-order valence-corrected chi connectivity index (χ4v) is 2.94. The quantitative estimate of drug-likeness (QED) is 0.837. The summed E-state index contributed by atoms with van der Waals surface area (Å²) in [7, 11) is 0. The van der Waals surface area contributed by atoms with Gasteiger partial charge in [-0.15, -0.1) is 0 Å². The summed E-state index contributed by atoms with van der Waals surface area (Å²) in [6.07, 6.45) is 3.52. The Kier molecular flexibility index (Phi) is 6.35. The van der Waals surface area contributed by atoms with Crippen molar-refractivity contribution in [3.8, 4) is 0 Å². The average Bonchev–Trinajstić information content (AvgIpc) is 2.60. The molecule has 130 valence electrons. The maximum atomic E-state index is 12.5. The number of carboxylic acids is 1. The van der Waals surface area contributed by atoms with Gasteiger partial charge in [-0.3, -0.25) is 14.4 Å². The van der Waals surface area contributed by atoms with Crippen molar-refractivity contribution in [1.29, 1.82) is 0 Å². The number of piperidine rings is 1. The van der Waals surface area contributed by atoms with E-state index < -0.39 is 12.0 Å². The van der Waals surface area contributed by atoms with Crippen LogP contribution in [0.3, 0.4) is 0 Å². The van der Waals surface area contributed by atoms with Gasteiger partial charge in [-0.1, -0.05) is 19.1 Å². The Balaban J connectivity index is 1.97. The summed E-state index contributed by atoms with van der Waals surface area (Å²) in [6.45, 7) is 2.45. The molecule has 1 fully saturated rings. The molecule has 0 radical (unpaired) electrons. The van der Waals surface area contributed by atoms with E-state index in [1.807, 2.05) is 19.1 Å². The van der Waals surface area contributed by atoms with Gasteiger partial charge in [-0.05, 0) is 43.4 Å². The lowest BCUT2D eigenvalue weighted by atomic mass is 10.0. The first-order valence-corrected chi connectivity index (χ1v) is 8.42. The van der Waals surface area contributed by atoms with Crippen LogP contribution in [0.1, 0.15) is 44.6 Å². The van der Waals surface area contributed by atoms with Gasteiger partial charge < -0.3 is 15.3 Å². The van der Waals surface area contributed by atoms with Gasteiger partial charge in [0, 0.05) is 25.1 Å². The summed E-state index contributed by atoms with van der Waals surface area (Å²) in [6, 6.07) is 6.76. The predicted molar refractivity (Wildman–Crippen MR) is 90.7 cm³/mol. The van der Waals surface area contributed by atoms with Gasteiger partial charge in [0.1, 0.15) is 6.04 Å². The highest BCUT2D eigenvalue weighted by Crippen LogP contribution is 2.20. The molecule has 1 aliphatic rings. The van der Waals surface area contributed by atoms with Crippen molar-refractivity contribution in [2.45, 2.75) is 51.5 Å². The van der Waals surface area contributed by atoms with Crippen LogP contribution < -0.4 is 5.32 Å². The molecule has 2 rings (SSSR count). The first kappa shape index (κ1) is 18.0. The molecular formula is C18H24N2O4. The Morgan fingerprint density at radius 2 is 1.92 bits per heavy atom. The maximum Gasteiger partial charge on any atom is 0.303 e.